The maximum atomic E-state index is 13.1. The first kappa shape index (κ1) is 19.2. The van der Waals surface area contributed by atoms with Gasteiger partial charge in [0.15, 0.2) is 5.82 Å². The van der Waals surface area contributed by atoms with Gasteiger partial charge in [0.25, 0.3) is 5.56 Å². The molecule has 0 saturated carbocycles. The Hall–Kier alpha value is -3.78. The molecule has 0 unspecified atom stereocenters. The highest BCUT2D eigenvalue weighted by Gasteiger charge is 2.13. The molecule has 0 bridgehead atoms. The first-order valence-corrected chi connectivity index (χ1v) is 10.4. The molecule has 0 fully saturated rings. The molecular weight excluding hydrogens is 417 g/mol. The third kappa shape index (κ3) is 3.73. The molecule has 0 aliphatic heterocycles. The average molecular weight is 433 g/mol. The summed E-state index contributed by atoms with van der Waals surface area (Å²) >= 11 is 1.24. The van der Waals surface area contributed by atoms with Gasteiger partial charge in [0.1, 0.15) is 27.6 Å². The van der Waals surface area contributed by atoms with E-state index in [0.29, 0.717) is 33.4 Å². The zero-order valence-electron chi connectivity index (χ0n) is 16.4. The second-order valence-electron chi connectivity index (χ2n) is 6.71. The van der Waals surface area contributed by atoms with Gasteiger partial charge in [0.05, 0.1) is 6.61 Å². The highest BCUT2D eigenvalue weighted by atomic mass is 32.1. The average Bonchev–Trinajstić information content (AvgIpc) is 3.47. The van der Waals surface area contributed by atoms with Crippen LogP contribution in [0.1, 0.15) is 12.7 Å². The second-order valence-corrected chi connectivity index (χ2v) is 7.72. The lowest BCUT2D eigenvalue weighted by Crippen LogP contribution is -2.23. The number of nitrogens with zero attached hydrogens (tertiary/aromatic N) is 3. The molecule has 0 saturated heterocycles. The monoisotopic (exact) mass is 433 g/mol. The van der Waals surface area contributed by atoms with Gasteiger partial charge in [-0.15, -0.1) is 5.10 Å². The number of ether oxygens (including phenoxy) is 1. The van der Waals surface area contributed by atoms with Gasteiger partial charge >= 0.3 is 0 Å². The fourth-order valence-electron chi connectivity index (χ4n) is 3.15. The van der Waals surface area contributed by atoms with Crippen LogP contribution in [0, 0.1) is 5.82 Å². The van der Waals surface area contributed by atoms with Crippen molar-refractivity contribution in [2.24, 2.45) is 0 Å². The third-order valence-corrected chi connectivity index (χ3v) is 5.59. The minimum Gasteiger partial charge on any atom is -0.494 e. The van der Waals surface area contributed by atoms with E-state index in [1.54, 1.807) is 30.3 Å². The van der Waals surface area contributed by atoms with Crippen molar-refractivity contribution >= 4 is 22.4 Å². The summed E-state index contributed by atoms with van der Waals surface area (Å²) in [5.41, 5.74) is 1.30. The summed E-state index contributed by atoms with van der Waals surface area (Å²) < 4.78 is 26.1. The fourth-order valence-corrected chi connectivity index (χ4v) is 4.04. The van der Waals surface area contributed by atoms with Crippen LogP contribution < -0.4 is 14.8 Å². The van der Waals surface area contributed by atoms with E-state index >= 15 is 0 Å². The molecule has 0 radical (unpaired) electrons. The lowest BCUT2D eigenvalue weighted by Gasteiger charge is -2.02. The molecule has 154 valence electrons. The number of halogens is 1. The summed E-state index contributed by atoms with van der Waals surface area (Å²) in [4.78, 5) is 17.8. The maximum absolute atomic E-state index is 13.1. The maximum Gasteiger partial charge on any atom is 0.291 e. The van der Waals surface area contributed by atoms with Gasteiger partial charge in [0.2, 0.25) is 4.96 Å². The standard InChI is InChI=1S/C23H16FN3O3S/c1-2-29-17-9-5-15(6-10-17)21-25-23-27(26-21)22(28)20(31-23)13-18-11-12-19(30-18)14-3-7-16(24)8-4-14/h3-13H,2H2,1H3. The number of benzene rings is 2. The normalized spacial score (nSPS) is 12.0. The van der Waals surface area contributed by atoms with Crippen molar-refractivity contribution in [3.63, 3.8) is 0 Å². The molecule has 5 aromatic rings. The van der Waals surface area contributed by atoms with Crippen LogP contribution in [-0.4, -0.2) is 21.2 Å². The van der Waals surface area contributed by atoms with Crippen LogP contribution in [0.4, 0.5) is 4.39 Å². The highest BCUT2D eigenvalue weighted by molar-refractivity contribution is 7.15. The molecule has 6 nitrogen and oxygen atoms in total. The van der Waals surface area contributed by atoms with E-state index in [4.69, 9.17) is 9.15 Å². The van der Waals surface area contributed by atoms with Crippen molar-refractivity contribution in [3.8, 4) is 28.5 Å². The molecule has 0 atom stereocenters. The van der Waals surface area contributed by atoms with Crippen LogP contribution in [0.2, 0.25) is 0 Å². The molecule has 0 N–H and O–H groups in total. The first-order valence-electron chi connectivity index (χ1n) is 9.61. The molecule has 2 aromatic carbocycles. The van der Waals surface area contributed by atoms with E-state index in [9.17, 15) is 9.18 Å². The van der Waals surface area contributed by atoms with Crippen molar-refractivity contribution < 1.29 is 13.5 Å². The molecule has 3 aromatic heterocycles. The second kappa shape index (κ2) is 7.81. The van der Waals surface area contributed by atoms with Gasteiger partial charge in [-0.2, -0.15) is 9.50 Å². The highest BCUT2D eigenvalue weighted by Crippen LogP contribution is 2.23. The minimum absolute atomic E-state index is 0.260. The number of furan rings is 1. The molecule has 0 aliphatic rings. The van der Waals surface area contributed by atoms with Crippen molar-refractivity contribution in [2.75, 3.05) is 6.61 Å². The first-order chi connectivity index (χ1) is 15.1. The SMILES string of the molecule is CCOc1ccc(-c2nc3sc(=Cc4ccc(-c5ccc(F)cc5)o4)c(=O)n3n2)cc1. The van der Waals surface area contributed by atoms with E-state index in [1.807, 2.05) is 31.2 Å². The Morgan fingerprint density at radius 3 is 2.52 bits per heavy atom. The number of hydrogen-bond acceptors (Lipinski definition) is 6. The van der Waals surface area contributed by atoms with E-state index in [1.165, 1.54) is 28.0 Å². The number of thiazole rings is 1. The Labute approximate surface area is 179 Å². The van der Waals surface area contributed by atoms with Crippen LogP contribution in [-0.2, 0) is 0 Å². The molecule has 3 heterocycles. The van der Waals surface area contributed by atoms with Gasteiger partial charge < -0.3 is 9.15 Å². The Morgan fingerprint density at radius 2 is 1.81 bits per heavy atom. The van der Waals surface area contributed by atoms with Crippen LogP contribution in [0.5, 0.6) is 5.75 Å². The molecule has 0 amide bonds. The zero-order chi connectivity index (χ0) is 21.4. The molecule has 31 heavy (non-hydrogen) atoms. The van der Waals surface area contributed by atoms with Crippen LogP contribution in [0.15, 0.2) is 69.9 Å². The van der Waals surface area contributed by atoms with Crippen LogP contribution in [0.25, 0.3) is 33.7 Å². The zero-order valence-corrected chi connectivity index (χ0v) is 17.2. The predicted octanol–water partition coefficient (Wildman–Crippen LogP) is 4.16. The van der Waals surface area contributed by atoms with Crippen molar-refractivity contribution in [1.82, 2.24) is 14.6 Å². The van der Waals surface area contributed by atoms with E-state index in [2.05, 4.69) is 10.1 Å². The summed E-state index contributed by atoms with van der Waals surface area (Å²) in [6.07, 6.45) is 1.66. The van der Waals surface area contributed by atoms with Crippen LogP contribution >= 0.6 is 11.3 Å². The van der Waals surface area contributed by atoms with Crippen molar-refractivity contribution in [3.05, 3.63) is 87.1 Å². The third-order valence-electron chi connectivity index (χ3n) is 4.63. The number of hydrogen-bond donors (Lipinski definition) is 0. The summed E-state index contributed by atoms with van der Waals surface area (Å²) in [6.45, 7) is 2.52. The van der Waals surface area contributed by atoms with E-state index in [0.717, 1.165) is 16.9 Å². The summed E-state index contributed by atoms with van der Waals surface area (Å²) in [5, 5.41) is 4.36. The number of fused-ring (bicyclic) bond motifs is 1. The van der Waals surface area contributed by atoms with Gasteiger partial charge in [-0.1, -0.05) is 11.3 Å². The summed E-state index contributed by atoms with van der Waals surface area (Å²) in [7, 11) is 0. The molecule has 5 rings (SSSR count). The fraction of sp³-hybridized carbons (Fsp3) is 0.0870. The predicted molar refractivity (Wildman–Crippen MR) is 117 cm³/mol. The molecule has 8 heteroatoms. The van der Waals surface area contributed by atoms with Crippen molar-refractivity contribution in [2.45, 2.75) is 6.92 Å². The number of aromatic nitrogens is 3. The minimum atomic E-state index is -0.308. The number of rotatable bonds is 5. The summed E-state index contributed by atoms with van der Waals surface area (Å²) in [6, 6.07) is 17.0. The largest absolute Gasteiger partial charge is 0.494 e. The van der Waals surface area contributed by atoms with Crippen molar-refractivity contribution in [1.29, 1.82) is 0 Å². The Bertz CT molecular complexity index is 1470. The lowest BCUT2D eigenvalue weighted by atomic mass is 10.2. The molecule has 0 spiro atoms. The topological polar surface area (TPSA) is 69.6 Å². The quantitative estimate of drug-likeness (QED) is 0.416. The van der Waals surface area contributed by atoms with Gasteiger partial charge in [-0.05, 0) is 67.6 Å². The van der Waals surface area contributed by atoms with Gasteiger partial charge in [-0.25, -0.2) is 4.39 Å². The molecular formula is C23H16FN3O3S. The summed E-state index contributed by atoms with van der Waals surface area (Å²) in [5.74, 6) is 2.06. The Kier molecular flexibility index (Phi) is 4.83. The molecule has 0 aliphatic carbocycles. The van der Waals surface area contributed by atoms with E-state index < -0.39 is 0 Å². The van der Waals surface area contributed by atoms with E-state index in [-0.39, 0.29) is 11.4 Å². The Morgan fingerprint density at radius 1 is 1.06 bits per heavy atom. The van der Waals surface area contributed by atoms with Crippen LogP contribution in [0.3, 0.4) is 0 Å². The Balaban J connectivity index is 1.46. The van der Waals surface area contributed by atoms with Gasteiger partial charge in [-0.3, -0.25) is 4.79 Å². The van der Waals surface area contributed by atoms with Gasteiger partial charge in [0, 0.05) is 17.2 Å². The lowest BCUT2D eigenvalue weighted by molar-refractivity contribution is 0.340. The smallest absolute Gasteiger partial charge is 0.291 e.